The Morgan fingerprint density at radius 1 is 1.17 bits per heavy atom. The van der Waals surface area contributed by atoms with E-state index in [1.165, 1.54) is 11.1 Å². The molecule has 0 saturated heterocycles. The number of nitrogens with one attached hydrogen (secondary N) is 1. The molecule has 0 bridgehead atoms. The maximum atomic E-state index is 12.0. The van der Waals surface area contributed by atoms with Crippen LogP contribution < -0.4 is 5.32 Å². The number of aryl methyl sites for hydroxylation is 1. The fraction of sp³-hybridized carbons (Fsp3) is 0.579. The Bertz CT molecular complexity index is 633. The van der Waals surface area contributed by atoms with Gasteiger partial charge in [0.25, 0.3) is 11.7 Å². The van der Waals surface area contributed by atoms with E-state index in [1.807, 2.05) is 12.1 Å². The van der Waals surface area contributed by atoms with E-state index in [2.05, 4.69) is 31.0 Å². The highest BCUT2D eigenvalue weighted by molar-refractivity contribution is 6.51. The lowest BCUT2D eigenvalue weighted by molar-refractivity contribution is -0.112. The van der Waals surface area contributed by atoms with Gasteiger partial charge in [0.2, 0.25) is 0 Å². The summed E-state index contributed by atoms with van der Waals surface area (Å²) in [5.41, 5.74) is 3.79. The highest BCUT2D eigenvalue weighted by Gasteiger charge is 2.34. The molecule has 0 aromatic heterocycles. The third kappa shape index (κ3) is 2.80. The Hall–Kier alpha value is -1.68. The monoisotopic (exact) mass is 314 g/mol. The number of ketones is 1. The molecule has 2 aliphatic rings. The first-order valence-corrected chi connectivity index (χ1v) is 8.83. The summed E-state index contributed by atoms with van der Waals surface area (Å²) in [7, 11) is 0. The van der Waals surface area contributed by atoms with Gasteiger partial charge in [-0.05, 0) is 68.0 Å². The molecule has 0 saturated carbocycles. The zero-order valence-corrected chi connectivity index (χ0v) is 14.3. The molecule has 0 fully saturated rings. The second-order valence-electron chi connectivity index (χ2n) is 6.81. The van der Waals surface area contributed by atoms with Crippen LogP contribution in [0, 0.1) is 0 Å². The standard InChI is InChI=1S/C19H26N2O2/c1-4-8-21(9-5-2)17-7-6-13-10-16-15(11-14(13)12(17)3)18(22)19(23)20-16/h10-12,17H,4-9H2,1-3H3,(H,20,22,23). The fourth-order valence-electron chi connectivity index (χ4n) is 4.17. The quantitative estimate of drug-likeness (QED) is 0.848. The predicted molar refractivity (Wildman–Crippen MR) is 92.1 cm³/mol. The number of carbonyl (C=O) groups is 2. The fourth-order valence-corrected chi connectivity index (χ4v) is 4.17. The molecular formula is C19H26N2O2. The maximum Gasteiger partial charge on any atom is 0.296 e. The van der Waals surface area contributed by atoms with Gasteiger partial charge in [-0.25, -0.2) is 0 Å². The lowest BCUT2D eigenvalue weighted by Crippen LogP contribution is -2.42. The Labute approximate surface area is 138 Å². The van der Waals surface area contributed by atoms with Gasteiger partial charge in [0.05, 0.1) is 11.3 Å². The predicted octanol–water partition coefficient (Wildman–Crippen LogP) is 3.36. The number of anilines is 1. The van der Waals surface area contributed by atoms with Crippen molar-refractivity contribution < 1.29 is 9.59 Å². The zero-order chi connectivity index (χ0) is 16.6. The number of hydrogen-bond acceptors (Lipinski definition) is 3. The molecule has 0 radical (unpaired) electrons. The molecule has 23 heavy (non-hydrogen) atoms. The van der Waals surface area contributed by atoms with Gasteiger partial charge in [-0.2, -0.15) is 0 Å². The average molecular weight is 314 g/mol. The molecule has 1 amide bonds. The number of rotatable bonds is 5. The third-order valence-electron chi connectivity index (χ3n) is 5.25. The minimum absolute atomic E-state index is 0.393. The maximum absolute atomic E-state index is 12.0. The van der Waals surface area contributed by atoms with Crippen molar-refractivity contribution in [1.82, 2.24) is 4.90 Å². The van der Waals surface area contributed by atoms with Crippen molar-refractivity contribution in [3.8, 4) is 0 Å². The number of nitrogens with zero attached hydrogens (tertiary/aromatic N) is 1. The van der Waals surface area contributed by atoms with Crippen molar-refractivity contribution in [1.29, 1.82) is 0 Å². The van der Waals surface area contributed by atoms with Crippen molar-refractivity contribution in [3.05, 3.63) is 28.8 Å². The molecule has 1 heterocycles. The minimum atomic E-state index is -0.495. The van der Waals surface area contributed by atoms with Crippen LogP contribution in [0.5, 0.6) is 0 Å². The van der Waals surface area contributed by atoms with Crippen LogP contribution in [0.25, 0.3) is 0 Å². The molecule has 2 atom stereocenters. The van der Waals surface area contributed by atoms with E-state index in [1.54, 1.807) is 0 Å². The van der Waals surface area contributed by atoms with Crippen molar-refractivity contribution in [2.45, 2.75) is 58.4 Å². The van der Waals surface area contributed by atoms with Gasteiger partial charge in [-0.3, -0.25) is 14.5 Å². The van der Waals surface area contributed by atoms with E-state index >= 15 is 0 Å². The number of Topliss-reactive ketones (excluding diaryl/α,β-unsaturated/α-hetero) is 1. The van der Waals surface area contributed by atoms with E-state index < -0.39 is 11.7 Å². The van der Waals surface area contributed by atoms with Crippen molar-refractivity contribution in [3.63, 3.8) is 0 Å². The topological polar surface area (TPSA) is 49.4 Å². The molecule has 1 aliphatic heterocycles. The Kier molecular flexibility index (Phi) is 4.53. The summed E-state index contributed by atoms with van der Waals surface area (Å²) in [5.74, 6) is -0.494. The van der Waals surface area contributed by atoms with E-state index in [-0.39, 0.29) is 0 Å². The Morgan fingerprint density at radius 2 is 1.87 bits per heavy atom. The van der Waals surface area contributed by atoms with Gasteiger partial charge < -0.3 is 5.32 Å². The third-order valence-corrected chi connectivity index (χ3v) is 5.25. The van der Waals surface area contributed by atoms with Crippen LogP contribution in [0.15, 0.2) is 12.1 Å². The molecule has 4 nitrogen and oxygen atoms in total. The molecule has 124 valence electrons. The van der Waals surface area contributed by atoms with E-state index in [9.17, 15) is 9.59 Å². The summed E-state index contributed by atoms with van der Waals surface area (Å²) in [5, 5.41) is 2.69. The van der Waals surface area contributed by atoms with E-state index in [0.29, 0.717) is 23.2 Å². The summed E-state index contributed by atoms with van der Waals surface area (Å²) in [6, 6.07) is 4.52. The molecule has 0 spiro atoms. The number of amides is 1. The molecule has 1 aromatic carbocycles. The van der Waals surface area contributed by atoms with Gasteiger partial charge in [-0.15, -0.1) is 0 Å². The first kappa shape index (κ1) is 16.2. The van der Waals surface area contributed by atoms with Crippen LogP contribution >= 0.6 is 0 Å². The molecule has 2 unspecified atom stereocenters. The second-order valence-corrected chi connectivity index (χ2v) is 6.81. The first-order chi connectivity index (χ1) is 11.1. The van der Waals surface area contributed by atoms with Gasteiger partial charge in [0, 0.05) is 6.04 Å². The second kappa shape index (κ2) is 6.44. The number of carbonyl (C=O) groups excluding carboxylic acids is 2. The molecule has 1 aromatic rings. The van der Waals surface area contributed by atoms with Gasteiger partial charge in [-0.1, -0.05) is 20.8 Å². The van der Waals surface area contributed by atoms with Gasteiger partial charge in [0.1, 0.15) is 0 Å². The summed E-state index contributed by atoms with van der Waals surface area (Å²) in [6.07, 6.45) is 4.49. The molecule has 3 rings (SSSR count). The zero-order valence-electron chi connectivity index (χ0n) is 14.3. The van der Waals surface area contributed by atoms with Crippen LogP contribution in [0.1, 0.15) is 67.4 Å². The van der Waals surface area contributed by atoms with Crippen LogP contribution in [-0.4, -0.2) is 35.7 Å². The molecule has 1 N–H and O–H groups in total. The highest BCUT2D eigenvalue weighted by Crippen LogP contribution is 2.38. The normalized spacial score (nSPS) is 23.0. The summed E-state index contributed by atoms with van der Waals surface area (Å²) in [6.45, 7) is 8.98. The molecule has 4 heteroatoms. The number of fused-ring (bicyclic) bond motifs is 2. The van der Waals surface area contributed by atoms with Crippen molar-refractivity contribution in [2.24, 2.45) is 0 Å². The van der Waals surface area contributed by atoms with Crippen LogP contribution in [-0.2, 0) is 11.2 Å². The van der Waals surface area contributed by atoms with Crippen molar-refractivity contribution >= 4 is 17.4 Å². The summed E-state index contributed by atoms with van der Waals surface area (Å²) < 4.78 is 0. The summed E-state index contributed by atoms with van der Waals surface area (Å²) >= 11 is 0. The Morgan fingerprint density at radius 3 is 2.52 bits per heavy atom. The summed E-state index contributed by atoms with van der Waals surface area (Å²) in [4.78, 5) is 26.2. The highest BCUT2D eigenvalue weighted by atomic mass is 16.2. The Balaban J connectivity index is 1.92. The molecular weight excluding hydrogens is 288 g/mol. The van der Waals surface area contributed by atoms with E-state index in [0.717, 1.165) is 38.8 Å². The smallest absolute Gasteiger partial charge is 0.296 e. The SMILES string of the molecule is CCCN(CCC)C1CCc2cc3c(cc2C1C)C(=O)C(=O)N3. The lowest BCUT2D eigenvalue weighted by atomic mass is 9.78. The van der Waals surface area contributed by atoms with Crippen LogP contribution in [0.3, 0.4) is 0 Å². The van der Waals surface area contributed by atoms with Crippen LogP contribution in [0.2, 0.25) is 0 Å². The van der Waals surface area contributed by atoms with Gasteiger partial charge in [0.15, 0.2) is 0 Å². The number of hydrogen-bond donors (Lipinski definition) is 1. The van der Waals surface area contributed by atoms with Crippen molar-refractivity contribution in [2.75, 3.05) is 18.4 Å². The molecule has 1 aliphatic carbocycles. The van der Waals surface area contributed by atoms with E-state index in [4.69, 9.17) is 0 Å². The largest absolute Gasteiger partial charge is 0.318 e. The first-order valence-electron chi connectivity index (χ1n) is 8.83. The minimum Gasteiger partial charge on any atom is -0.318 e. The van der Waals surface area contributed by atoms with Gasteiger partial charge >= 0.3 is 0 Å². The average Bonchev–Trinajstić information content (AvgIpc) is 2.80. The number of benzene rings is 1. The lowest BCUT2D eigenvalue weighted by Gasteiger charge is -2.40. The van der Waals surface area contributed by atoms with Crippen LogP contribution in [0.4, 0.5) is 5.69 Å².